The number of aryl methyl sites for hydroxylation is 1. The smallest absolute Gasteiger partial charge is 0.305 e. The predicted octanol–water partition coefficient (Wildman–Crippen LogP) is 2.05. The molecular formula is C14H18N2O2. The molecule has 0 saturated heterocycles. The Kier molecular flexibility index (Phi) is 3.99. The van der Waals surface area contributed by atoms with Gasteiger partial charge in [-0.05, 0) is 29.5 Å². The molecule has 0 spiro atoms. The minimum Gasteiger partial charge on any atom is -0.469 e. The maximum Gasteiger partial charge on any atom is 0.305 e. The van der Waals surface area contributed by atoms with Gasteiger partial charge < -0.3 is 15.0 Å². The summed E-state index contributed by atoms with van der Waals surface area (Å²) in [5.74, 6) is -0.158. The lowest BCUT2D eigenvalue weighted by Crippen LogP contribution is -2.04. The van der Waals surface area contributed by atoms with Crippen molar-refractivity contribution >= 4 is 16.9 Å². The second-order valence-corrected chi connectivity index (χ2v) is 4.29. The fourth-order valence-electron chi connectivity index (χ4n) is 2.05. The van der Waals surface area contributed by atoms with Crippen LogP contribution in [0.1, 0.15) is 18.4 Å². The minimum absolute atomic E-state index is 0.158. The van der Waals surface area contributed by atoms with Crippen LogP contribution in [0.4, 0.5) is 0 Å². The lowest BCUT2D eigenvalue weighted by atomic mass is 10.1. The van der Waals surface area contributed by atoms with Crippen molar-refractivity contribution in [1.29, 1.82) is 0 Å². The van der Waals surface area contributed by atoms with E-state index in [2.05, 4.69) is 27.5 Å². The van der Waals surface area contributed by atoms with E-state index >= 15 is 0 Å². The number of nitrogens with two attached hydrogens (primary N) is 1. The number of nitrogens with zero attached hydrogens (tertiary/aromatic N) is 1. The van der Waals surface area contributed by atoms with Gasteiger partial charge in [0.05, 0.1) is 7.11 Å². The average Bonchev–Trinajstić information content (AvgIpc) is 2.81. The summed E-state index contributed by atoms with van der Waals surface area (Å²) in [6, 6.07) is 8.30. The molecule has 4 heteroatoms. The Labute approximate surface area is 106 Å². The second kappa shape index (κ2) is 5.69. The van der Waals surface area contributed by atoms with Crippen LogP contribution in [0, 0.1) is 0 Å². The molecule has 0 aliphatic carbocycles. The standard InChI is InChI=1S/C14H18N2O2/c1-18-14(17)3-2-7-16-8-6-12-5-4-11(10-15)9-13(12)16/h4-6,8-9H,2-3,7,10,15H2,1H3. The number of ether oxygens (including phenoxy) is 1. The van der Waals surface area contributed by atoms with E-state index in [1.165, 1.54) is 18.0 Å². The number of esters is 1. The molecule has 0 unspecified atom stereocenters. The highest BCUT2D eigenvalue weighted by molar-refractivity contribution is 5.80. The van der Waals surface area contributed by atoms with Gasteiger partial charge in [-0.1, -0.05) is 12.1 Å². The van der Waals surface area contributed by atoms with Crippen LogP contribution in [0.25, 0.3) is 10.9 Å². The minimum atomic E-state index is -0.158. The van der Waals surface area contributed by atoms with Crippen LogP contribution >= 0.6 is 0 Å². The van der Waals surface area contributed by atoms with Gasteiger partial charge in [-0.3, -0.25) is 4.79 Å². The molecule has 0 radical (unpaired) electrons. The Morgan fingerprint density at radius 1 is 1.39 bits per heavy atom. The lowest BCUT2D eigenvalue weighted by Gasteiger charge is -2.06. The van der Waals surface area contributed by atoms with Gasteiger partial charge in [0.1, 0.15) is 0 Å². The van der Waals surface area contributed by atoms with Crippen molar-refractivity contribution in [3.8, 4) is 0 Å². The molecule has 0 amide bonds. The van der Waals surface area contributed by atoms with E-state index in [4.69, 9.17) is 5.73 Å². The van der Waals surface area contributed by atoms with E-state index in [1.54, 1.807) is 0 Å². The Hall–Kier alpha value is -1.81. The first kappa shape index (κ1) is 12.6. The normalized spacial score (nSPS) is 10.8. The molecule has 2 rings (SSSR count). The Bertz CT molecular complexity index is 546. The topological polar surface area (TPSA) is 57.2 Å². The third kappa shape index (κ3) is 2.71. The zero-order valence-corrected chi connectivity index (χ0v) is 10.6. The number of hydrogen-bond donors (Lipinski definition) is 1. The summed E-state index contributed by atoms with van der Waals surface area (Å²) in [7, 11) is 1.42. The fourth-order valence-corrected chi connectivity index (χ4v) is 2.05. The van der Waals surface area contributed by atoms with E-state index in [-0.39, 0.29) is 5.97 Å². The van der Waals surface area contributed by atoms with Crippen LogP contribution in [-0.4, -0.2) is 17.6 Å². The van der Waals surface area contributed by atoms with Gasteiger partial charge in [-0.2, -0.15) is 0 Å². The van der Waals surface area contributed by atoms with E-state index in [1.807, 2.05) is 12.3 Å². The number of methoxy groups -OCH3 is 1. The summed E-state index contributed by atoms with van der Waals surface area (Å²) in [6.07, 6.45) is 3.28. The lowest BCUT2D eigenvalue weighted by molar-refractivity contribution is -0.140. The first-order valence-corrected chi connectivity index (χ1v) is 6.09. The van der Waals surface area contributed by atoms with Crippen LogP contribution in [0.5, 0.6) is 0 Å². The summed E-state index contributed by atoms with van der Waals surface area (Å²) in [6.45, 7) is 1.36. The molecule has 2 N–H and O–H groups in total. The number of benzene rings is 1. The SMILES string of the molecule is COC(=O)CCCn1ccc2ccc(CN)cc21. The molecule has 4 nitrogen and oxygen atoms in total. The first-order chi connectivity index (χ1) is 8.74. The highest BCUT2D eigenvalue weighted by Crippen LogP contribution is 2.18. The molecule has 18 heavy (non-hydrogen) atoms. The molecule has 0 aliphatic heterocycles. The summed E-state index contributed by atoms with van der Waals surface area (Å²) in [4.78, 5) is 11.1. The van der Waals surface area contributed by atoms with Crippen LogP contribution < -0.4 is 5.73 Å². The quantitative estimate of drug-likeness (QED) is 0.821. The molecule has 0 aliphatic rings. The Morgan fingerprint density at radius 2 is 2.22 bits per heavy atom. The van der Waals surface area contributed by atoms with E-state index < -0.39 is 0 Å². The number of rotatable bonds is 5. The maximum atomic E-state index is 11.1. The molecular weight excluding hydrogens is 228 g/mol. The molecule has 0 atom stereocenters. The Morgan fingerprint density at radius 3 is 2.94 bits per heavy atom. The highest BCUT2D eigenvalue weighted by Gasteiger charge is 2.04. The van der Waals surface area contributed by atoms with Gasteiger partial charge in [0.2, 0.25) is 0 Å². The zero-order chi connectivity index (χ0) is 13.0. The number of aromatic nitrogens is 1. The molecule has 1 aromatic carbocycles. The zero-order valence-electron chi connectivity index (χ0n) is 10.6. The molecule has 96 valence electrons. The largest absolute Gasteiger partial charge is 0.469 e. The van der Waals surface area contributed by atoms with Crippen molar-refractivity contribution in [2.75, 3.05) is 7.11 Å². The number of carbonyl (C=O) groups is 1. The number of hydrogen-bond acceptors (Lipinski definition) is 3. The van der Waals surface area contributed by atoms with Crippen molar-refractivity contribution < 1.29 is 9.53 Å². The second-order valence-electron chi connectivity index (χ2n) is 4.29. The third-order valence-corrected chi connectivity index (χ3v) is 3.08. The van der Waals surface area contributed by atoms with Crippen LogP contribution in [0.3, 0.4) is 0 Å². The maximum absolute atomic E-state index is 11.1. The van der Waals surface area contributed by atoms with Gasteiger partial charge in [0.15, 0.2) is 0 Å². The third-order valence-electron chi connectivity index (χ3n) is 3.08. The van der Waals surface area contributed by atoms with Crippen molar-refractivity contribution in [3.05, 3.63) is 36.0 Å². The molecule has 1 heterocycles. The van der Waals surface area contributed by atoms with E-state index in [0.717, 1.165) is 18.5 Å². The molecule has 0 bridgehead atoms. The number of fused-ring (bicyclic) bond motifs is 1. The van der Waals surface area contributed by atoms with Crippen molar-refractivity contribution in [1.82, 2.24) is 4.57 Å². The fraction of sp³-hybridized carbons (Fsp3) is 0.357. The average molecular weight is 246 g/mol. The summed E-state index contributed by atoms with van der Waals surface area (Å²) in [5, 5.41) is 1.20. The van der Waals surface area contributed by atoms with E-state index in [0.29, 0.717) is 13.0 Å². The molecule has 2 aromatic rings. The summed E-state index contributed by atoms with van der Waals surface area (Å²) < 4.78 is 6.78. The van der Waals surface area contributed by atoms with Gasteiger partial charge in [0.25, 0.3) is 0 Å². The van der Waals surface area contributed by atoms with Crippen LogP contribution in [-0.2, 0) is 22.6 Å². The molecule has 1 aromatic heterocycles. The van der Waals surface area contributed by atoms with Crippen molar-refractivity contribution in [2.24, 2.45) is 5.73 Å². The first-order valence-electron chi connectivity index (χ1n) is 6.09. The van der Waals surface area contributed by atoms with Crippen LogP contribution in [0.15, 0.2) is 30.5 Å². The van der Waals surface area contributed by atoms with Crippen molar-refractivity contribution in [2.45, 2.75) is 25.9 Å². The highest BCUT2D eigenvalue weighted by atomic mass is 16.5. The number of carbonyl (C=O) groups excluding carboxylic acids is 1. The summed E-state index contributed by atoms with van der Waals surface area (Å²) in [5.41, 5.74) is 7.94. The van der Waals surface area contributed by atoms with Gasteiger partial charge in [-0.25, -0.2) is 0 Å². The summed E-state index contributed by atoms with van der Waals surface area (Å²) >= 11 is 0. The van der Waals surface area contributed by atoms with Gasteiger partial charge >= 0.3 is 5.97 Å². The van der Waals surface area contributed by atoms with E-state index in [9.17, 15) is 4.79 Å². The molecule has 0 saturated carbocycles. The van der Waals surface area contributed by atoms with Gasteiger partial charge in [-0.15, -0.1) is 0 Å². The van der Waals surface area contributed by atoms with Gasteiger partial charge in [0, 0.05) is 31.2 Å². The van der Waals surface area contributed by atoms with Crippen molar-refractivity contribution in [3.63, 3.8) is 0 Å². The van der Waals surface area contributed by atoms with Crippen LogP contribution in [0.2, 0.25) is 0 Å². The predicted molar refractivity (Wildman–Crippen MR) is 71.1 cm³/mol. The molecule has 0 fully saturated rings. The Balaban J connectivity index is 2.10. The monoisotopic (exact) mass is 246 g/mol.